The van der Waals surface area contributed by atoms with E-state index in [-0.39, 0.29) is 11.1 Å². The maximum atomic E-state index is 12.9. The Bertz CT molecular complexity index is 563. The summed E-state index contributed by atoms with van der Waals surface area (Å²) in [5.74, 6) is -0.694. The molecule has 3 N–H and O–H groups in total. The van der Waals surface area contributed by atoms with Gasteiger partial charge in [-0.2, -0.15) is 13.2 Å². The van der Waals surface area contributed by atoms with Gasteiger partial charge in [0.25, 0.3) is 0 Å². The summed E-state index contributed by atoms with van der Waals surface area (Å²) in [4.78, 5) is 11.8. The first-order valence-corrected chi connectivity index (χ1v) is 6.52. The lowest BCUT2D eigenvalue weighted by Gasteiger charge is -2.25. The minimum atomic E-state index is -4.52. The average Bonchev–Trinajstić information content (AvgIpc) is 2.46. The summed E-state index contributed by atoms with van der Waals surface area (Å²) < 4.78 is 38.8. The van der Waals surface area contributed by atoms with Crippen LogP contribution in [-0.2, 0) is 11.0 Å². The Labute approximate surface area is 126 Å². The highest BCUT2D eigenvalue weighted by atomic mass is 19.4. The van der Waals surface area contributed by atoms with Crippen LogP contribution in [0.3, 0.4) is 0 Å². The third-order valence-corrected chi connectivity index (χ3v) is 3.13. The van der Waals surface area contributed by atoms with E-state index in [2.05, 4.69) is 5.32 Å². The molecule has 4 nitrogen and oxygen atoms in total. The molecule has 0 aliphatic carbocycles. The number of hydrogen-bond acceptors (Lipinski definition) is 3. The molecular weight excluding hydrogens is 299 g/mol. The normalized spacial score (nSPS) is 13.1. The molecule has 0 aromatic heterocycles. The van der Waals surface area contributed by atoms with Gasteiger partial charge in [0.05, 0.1) is 24.3 Å². The molecule has 0 fully saturated rings. The molecule has 0 aliphatic rings. The Morgan fingerprint density at radius 2 is 1.77 bits per heavy atom. The summed E-state index contributed by atoms with van der Waals surface area (Å²) >= 11 is 0. The summed E-state index contributed by atoms with van der Waals surface area (Å²) in [7, 11) is 0. The summed E-state index contributed by atoms with van der Waals surface area (Å²) in [5, 5.41) is 20.5. The number of aliphatic hydroxyl groups is 2. The number of halogens is 3. The monoisotopic (exact) mass is 317 g/mol. The van der Waals surface area contributed by atoms with E-state index in [4.69, 9.17) is 10.2 Å². The van der Waals surface area contributed by atoms with Gasteiger partial charge >= 0.3 is 6.18 Å². The summed E-state index contributed by atoms with van der Waals surface area (Å²) in [6.45, 7) is 1.81. The molecule has 0 spiro atoms. The first-order valence-electron chi connectivity index (χ1n) is 6.52. The van der Waals surface area contributed by atoms with Crippen LogP contribution in [0.2, 0.25) is 0 Å². The topological polar surface area (TPSA) is 69.6 Å². The van der Waals surface area contributed by atoms with Crippen LogP contribution in [0.1, 0.15) is 25.0 Å². The van der Waals surface area contributed by atoms with Crippen molar-refractivity contribution in [3.05, 3.63) is 41.5 Å². The second-order valence-electron chi connectivity index (χ2n) is 5.24. The molecule has 1 aromatic rings. The lowest BCUT2D eigenvalue weighted by Crippen LogP contribution is -2.51. The highest BCUT2D eigenvalue weighted by molar-refractivity contribution is 5.95. The van der Waals surface area contributed by atoms with Gasteiger partial charge in [0.15, 0.2) is 0 Å². The van der Waals surface area contributed by atoms with Crippen molar-refractivity contribution in [2.24, 2.45) is 0 Å². The van der Waals surface area contributed by atoms with Crippen LogP contribution in [0.25, 0.3) is 5.57 Å². The van der Waals surface area contributed by atoms with E-state index < -0.39 is 36.4 Å². The van der Waals surface area contributed by atoms with Gasteiger partial charge in [0.1, 0.15) is 0 Å². The van der Waals surface area contributed by atoms with E-state index in [1.54, 1.807) is 0 Å². The quantitative estimate of drug-likeness (QED) is 0.727. The third kappa shape index (κ3) is 4.57. The largest absolute Gasteiger partial charge is 0.416 e. The van der Waals surface area contributed by atoms with Crippen molar-refractivity contribution >= 4 is 11.5 Å². The maximum Gasteiger partial charge on any atom is 0.416 e. The van der Waals surface area contributed by atoms with Gasteiger partial charge in [0.2, 0.25) is 5.91 Å². The highest BCUT2D eigenvalue weighted by Crippen LogP contribution is 2.34. The van der Waals surface area contributed by atoms with Gasteiger partial charge < -0.3 is 15.5 Å². The standard InChI is InChI=1S/C15H18F3NO3/c1-10(7-13(22)19-14(2,8-20)9-21)11-5-3-4-6-12(11)15(16,17)18/h3-7,20-21H,8-9H2,1-2H3,(H,19,22)/b10-7-. The second-order valence-corrected chi connectivity index (χ2v) is 5.24. The molecule has 0 unspecified atom stereocenters. The number of benzene rings is 1. The van der Waals surface area contributed by atoms with E-state index in [0.29, 0.717) is 0 Å². The van der Waals surface area contributed by atoms with Gasteiger partial charge in [-0.3, -0.25) is 4.79 Å². The SMILES string of the molecule is C/C(=C/C(=O)NC(C)(CO)CO)c1ccccc1C(F)(F)F. The number of allylic oxidation sites excluding steroid dienone is 1. The Hall–Kier alpha value is -1.86. The Kier molecular flexibility index (Phi) is 5.73. The molecule has 1 rings (SSSR count). The van der Waals surface area contributed by atoms with Crippen LogP contribution < -0.4 is 5.32 Å². The van der Waals surface area contributed by atoms with Crippen LogP contribution in [0.4, 0.5) is 13.2 Å². The minimum Gasteiger partial charge on any atom is -0.394 e. The average molecular weight is 317 g/mol. The minimum absolute atomic E-state index is 0.0974. The molecule has 7 heteroatoms. The van der Waals surface area contributed by atoms with Crippen molar-refractivity contribution in [2.45, 2.75) is 25.6 Å². The number of carbonyl (C=O) groups is 1. The number of alkyl halides is 3. The van der Waals surface area contributed by atoms with Crippen LogP contribution >= 0.6 is 0 Å². The molecule has 0 heterocycles. The third-order valence-electron chi connectivity index (χ3n) is 3.13. The van der Waals surface area contributed by atoms with Crippen molar-refractivity contribution < 1.29 is 28.2 Å². The fourth-order valence-electron chi connectivity index (χ4n) is 1.81. The molecule has 0 aliphatic heterocycles. The van der Waals surface area contributed by atoms with Crippen LogP contribution in [0.5, 0.6) is 0 Å². The van der Waals surface area contributed by atoms with E-state index in [9.17, 15) is 18.0 Å². The van der Waals surface area contributed by atoms with Gasteiger partial charge in [-0.05, 0) is 31.1 Å². The second kappa shape index (κ2) is 6.93. The molecule has 0 atom stereocenters. The zero-order valence-corrected chi connectivity index (χ0v) is 12.2. The predicted molar refractivity (Wildman–Crippen MR) is 75.8 cm³/mol. The molecule has 0 saturated carbocycles. The van der Waals surface area contributed by atoms with Gasteiger partial charge in [-0.15, -0.1) is 0 Å². The predicted octanol–water partition coefficient (Wildman–Crippen LogP) is 1.97. The lowest BCUT2D eigenvalue weighted by molar-refractivity contribution is -0.137. The van der Waals surface area contributed by atoms with Gasteiger partial charge in [-0.25, -0.2) is 0 Å². The van der Waals surface area contributed by atoms with Crippen molar-refractivity contribution in [1.29, 1.82) is 0 Å². The molecule has 1 aromatic carbocycles. The highest BCUT2D eigenvalue weighted by Gasteiger charge is 2.33. The van der Waals surface area contributed by atoms with Crippen LogP contribution in [0.15, 0.2) is 30.3 Å². The molecular formula is C15H18F3NO3. The van der Waals surface area contributed by atoms with Gasteiger partial charge in [0, 0.05) is 6.08 Å². The number of hydrogen-bond donors (Lipinski definition) is 3. The lowest BCUT2D eigenvalue weighted by atomic mass is 9.99. The van der Waals surface area contributed by atoms with Crippen molar-refractivity contribution in [1.82, 2.24) is 5.32 Å². The molecule has 0 radical (unpaired) electrons. The van der Waals surface area contributed by atoms with Crippen molar-refractivity contribution in [3.63, 3.8) is 0 Å². The Morgan fingerprint density at radius 3 is 2.27 bits per heavy atom. The smallest absolute Gasteiger partial charge is 0.394 e. The fourth-order valence-corrected chi connectivity index (χ4v) is 1.81. The fraction of sp³-hybridized carbons (Fsp3) is 0.400. The van der Waals surface area contributed by atoms with E-state index >= 15 is 0 Å². The summed E-state index contributed by atoms with van der Waals surface area (Å²) in [6, 6.07) is 4.94. The Balaban J connectivity index is 3.06. The molecule has 122 valence electrons. The number of aliphatic hydroxyl groups excluding tert-OH is 2. The zero-order valence-electron chi connectivity index (χ0n) is 12.2. The first-order chi connectivity index (χ1) is 10.1. The summed E-state index contributed by atoms with van der Waals surface area (Å²) in [6.07, 6.45) is -3.51. The molecule has 0 saturated heterocycles. The number of amides is 1. The van der Waals surface area contributed by atoms with Crippen molar-refractivity contribution in [2.75, 3.05) is 13.2 Å². The van der Waals surface area contributed by atoms with E-state index in [0.717, 1.165) is 12.1 Å². The number of carbonyl (C=O) groups excluding carboxylic acids is 1. The Morgan fingerprint density at radius 1 is 1.23 bits per heavy atom. The number of nitrogens with one attached hydrogen (secondary N) is 1. The summed E-state index contributed by atoms with van der Waals surface area (Å²) in [5.41, 5.74) is -2.04. The van der Waals surface area contributed by atoms with Crippen LogP contribution in [-0.4, -0.2) is 34.9 Å². The van der Waals surface area contributed by atoms with E-state index in [1.165, 1.54) is 32.0 Å². The van der Waals surface area contributed by atoms with Crippen LogP contribution in [0, 0.1) is 0 Å². The first kappa shape index (κ1) is 18.2. The maximum absolute atomic E-state index is 12.9. The molecule has 22 heavy (non-hydrogen) atoms. The van der Waals surface area contributed by atoms with E-state index in [1.807, 2.05) is 0 Å². The number of rotatable bonds is 5. The molecule has 0 bridgehead atoms. The molecule has 1 amide bonds. The van der Waals surface area contributed by atoms with Gasteiger partial charge in [-0.1, -0.05) is 18.2 Å². The zero-order chi connectivity index (χ0) is 17.0. The van der Waals surface area contributed by atoms with Crippen molar-refractivity contribution in [3.8, 4) is 0 Å².